The fraction of sp³-hybridized carbons (Fsp3) is 0.261. The van der Waals surface area contributed by atoms with Crippen LogP contribution in [0.15, 0.2) is 64.4 Å². The zero-order valence-electron chi connectivity index (χ0n) is 16.9. The van der Waals surface area contributed by atoms with Crippen LogP contribution in [0.4, 0.5) is 0 Å². The number of aromatic nitrogens is 4. The zero-order chi connectivity index (χ0) is 20.8. The van der Waals surface area contributed by atoms with Crippen LogP contribution in [0.25, 0.3) is 16.9 Å². The normalized spacial score (nSPS) is 13.7. The van der Waals surface area contributed by atoms with Crippen LogP contribution < -0.4 is 16.0 Å². The quantitative estimate of drug-likeness (QED) is 0.514. The monoisotopic (exact) mass is 402 g/mol. The molecule has 0 saturated heterocycles. The van der Waals surface area contributed by atoms with E-state index in [0.717, 1.165) is 18.4 Å². The van der Waals surface area contributed by atoms with Gasteiger partial charge in [-0.1, -0.05) is 42.0 Å². The van der Waals surface area contributed by atoms with Gasteiger partial charge in [0.25, 0.3) is 5.56 Å². The molecule has 1 saturated carbocycles. The molecule has 5 rings (SSSR count). The van der Waals surface area contributed by atoms with E-state index in [0.29, 0.717) is 29.1 Å². The van der Waals surface area contributed by atoms with Crippen LogP contribution in [0.2, 0.25) is 0 Å². The van der Waals surface area contributed by atoms with Gasteiger partial charge in [-0.2, -0.15) is 0 Å². The van der Waals surface area contributed by atoms with Crippen molar-refractivity contribution >= 4 is 11.2 Å². The van der Waals surface area contributed by atoms with Gasteiger partial charge in [0, 0.05) is 12.6 Å². The number of fused-ring (bicyclic) bond motifs is 1. The van der Waals surface area contributed by atoms with Crippen molar-refractivity contribution < 1.29 is 4.74 Å². The summed E-state index contributed by atoms with van der Waals surface area (Å²) in [6.45, 7) is 2.54. The largest absolute Gasteiger partial charge is 0.495 e. The lowest BCUT2D eigenvalue weighted by Crippen LogP contribution is -2.39. The van der Waals surface area contributed by atoms with E-state index < -0.39 is 0 Å². The second-order valence-corrected chi connectivity index (χ2v) is 7.73. The van der Waals surface area contributed by atoms with Crippen LogP contribution in [-0.4, -0.2) is 25.8 Å². The van der Waals surface area contributed by atoms with E-state index in [4.69, 9.17) is 4.74 Å². The molecule has 0 amide bonds. The molecule has 4 aromatic rings. The number of para-hydroxylation sites is 2. The minimum Gasteiger partial charge on any atom is -0.495 e. The van der Waals surface area contributed by atoms with Crippen molar-refractivity contribution in [3.63, 3.8) is 0 Å². The van der Waals surface area contributed by atoms with E-state index in [9.17, 15) is 9.59 Å². The van der Waals surface area contributed by atoms with Crippen LogP contribution >= 0.6 is 0 Å². The van der Waals surface area contributed by atoms with Crippen molar-refractivity contribution in [3.8, 4) is 11.4 Å². The van der Waals surface area contributed by atoms with Gasteiger partial charge in [0.2, 0.25) is 0 Å². The van der Waals surface area contributed by atoms with Crippen molar-refractivity contribution in [1.82, 2.24) is 18.7 Å². The number of imidazole rings is 1. The third kappa shape index (κ3) is 2.94. The molecule has 0 unspecified atom stereocenters. The highest BCUT2D eigenvalue weighted by molar-refractivity contribution is 5.73. The van der Waals surface area contributed by atoms with Crippen molar-refractivity contribution in [2.24, 2.45) is 0 Å². The van der Waals surface area contributed by atoms with Crippen LogP contribution in [0.1, 0.15) is 30.0 Å². The summed E-state index contributed by atoms with van der Waals surface area (Å²) in [6.07, 6.45) is 3.30. The number of rotatable bonds is 5. The molecule has 0 spiro atoms. The molecular formula is C23H22N4O3. The number of benzene rings is 2. The molecule has 0 atom stereocenters. The first-order valence-electron chi connectivity index (χ1n) is 10.00. The summed E-state index contributed by atoms with van der Waals surface area (Å²) in [6, 6.07) is 15.4. The van der Waals surface area contributed by atoms with Gasteiger partial charge in [-0.15, -0.1) is 0 Å². The van der Waals surface area contributed by atoms with Crippen LogP contribution in [0, 0.1) is 6.92 Å². The number of ether oxygens (including phenoxy) is 1. The lowest BCUT2D eigenvalue weighted by Gasteiger charge is -2.14. The summed E-state index contributed by atoms with van der Waals surface area (Å²) in [7, 11) is 1.56. The molecule has 1 aliphatic carbocycles. The Hall–Kier alpha value is -3.61. The molecule has 2 heterocycles. The fourth-order valence-electron chi connectivity index (χ4n) is 3.85. The minimum atomic E-state index is -0.375. The molecule has 0 aliphatic heterocycles. The molecule has 0 N–H and O–H groups in total. The minimum absolute atomic E-state index is 0.0573. The highest BCUT2D eigenvalue weighted by Crippen LogP contribution is 2.33. The van der Waals surface area contributed by atoms with E-state index in [2.05, 4.69) is 4.98 Å². The molecule has 0 bridgehead atoms. The van der Waals surface area contributed by atoms with Crippen molar-refractivity contribution in [2.45, 2.75) is 32.4 Å². The van der Waals surface area contributed by atoms with E-state index in [1.807, 2.05) is 47.9 Å². The molecule has 1 aliphatic rings. The van der Waals surface area contributed by atoms with Gasteiger partial charge in [0.15, 0.2) is 11.2 Å². The third-order valence-electron chi connectivity index (χ3n) is 5.56. The highest BCUT2D eigenvalue weighted by atomic mass is 16.5. The van der Waals surface area contributed by atoms with Crippen LogP contribution in [0.3, 0.4) is 0 Å². The number of hydrogen-bond acceptors (Lipinski definition) is 4. The smallest absolute Gasteiger partial charge is 0.337 e. The maximum absolute atomic E-state index is 13.4. The Morgan fingerprint density at radius 1 is 1.07 bits per heavy atom. The maximum Gasteiger partial charge on any atom is 0.337 e. The number of nitrogens with zero attached hydrogens (tertiary/aromatic N) is 4. The SMILES string of the molecule is COc1ccccc1-n1c(=O)n(C2CC2)c(=O)c2c1ncn2Cc1ccc(C)cc1. The Kier molecular flexibility index (Phi) is 4.31. The number of aryl methyl sites for hydroxylation is 1. The lowest BCUT2D eigenvalue weighted by molar-refractivity contribution is 0.412. The standard InChI is InChI=1S/C23H22N4O3/c1-15-7-9-16(10-8-15)13-25-14-24-21-20(25)22(28)26(17-11-12-17)23(29)27(21)18-5-3-4-6-19(18)30-2/h3-10,14,17H,11-13H2,1-2H3. The first-order chi connectivity index (χ1) is 14.6. The first kappa shape index (κ1) is 18.4. The third-order valence-corrected chi connectivity index (χ3v) is 5.56. The Labute approximate surface area is 172 Å². The molecule has 0 radical (unpaired) electrons. The molecular weight excluding hydrogens is 380 g/mol. The Bertz CT molecular complexity index is 1360. The van der Waals surface area contributed by atoms with Gasteiger partial charge in [-0.25, -0.2) is 14.3 Å². The van der Waals surface area contributed by atoms with Gasteiger partial charge in [-0.05, 0) is 37.5 Å². The average Bonchev–Trinajstić information content (AvgIpc) is 3.50. The topological polar surface area (TPSA) is 71.1 Å². The summed E-state index contributed by atoms with van der Waals surface area (Å²) < 4.78 is 10.2. The average molecular weight is 402 g/mol. The molecule has 1 fully saturated rings. The van der Waals surface area contributed by atoms with Gasteiger partial charge in [-0.3, -0.25) is 9.36 Å². The summed E-state index contributed by atoms with van der Waals surface area (Å²) in [5.41, 5.74) is 2.92. The second-order valence-electron chi connectivity index (χ2n) is 7.73. The molecule has 2 aromatic carbocycles. The lowest BCUT2D eigenvalue weighted by atomic mass is 10.1. The molecule has 30 heavy (non-hydrogen) atoms. The van der Waals surface area contributed by atoms with Gasteiger partial charge in [0.05, 0.1) is 19.1 Å². The highest BCUT2D eigenvalue weighted by Gasteiger charge is 2.31. The number of hydrogen-bond donors (Lipinski definition) is 0. The van der Waals surface area contributed by atoms with E-state index in [1.54, 1.807) is 25.6 Å². The van der Waals surface area contributed by atoms with E-state index in [1.165, 1.54) is 14.7 Å². The van der Waals surface area contributed by atoms with Crippen molar-refractivity contribution in [1.29, 1.82) is 0 Å². The fourth-order valence-corrected chi connectivity index (χ4v) is 3.85. The Balaban J connectivity index is 1.79. The zero-order valence-corrected chi connectivity index (χ0v) is 16.9. The van der Waals surface area contributed by atoms with Crippen LogP contribution in [0.5, 0.6) is 5.75 Å². The summed E-state index contributed by atoms with van der Waals surface area (Å²) in [5.74, 6) is 0.551. The first-order valence-corrected chi connectivity index (χ1v) is 10.00. The predicted molar refractivity (Wildman–Crippen MR) is 115 cm³/mol. The molecule has 7 nitrogen and oxygen atoms in total. The summed E-state index contributed by atoms with van der Waals surface area (Å²) in [4.78, 5) is 31.2. The van der Waals surface area contributed by atoms with E-state index >= 15 is 0 Å². The van der Waals surface area contributed by atoms with Gasteiger partial charge in [0.1, 0.15) is 5.75 Å². The molecule has 152 valence electrons. The Morgan fingerprint density at radius 2 is 1.80 bits per heavy atom. The second kappa shape index (κ2) is 7.02. The molecule has 2 aromatic heterocycles. The maximum atomic E-state index is 13.4. The van der Waals surface area contributed by atoms with Crippen LogP contribution in [-0.2, 0) is 6.54 Å². The van der Waals surface area contributed by atoms with Gasteiger partial charge < -0.3 is 9.30 Å². The Morgan fingerprint density at radius 3 is 2.50 bits per heavy atom. The van der Waals surface area contributed by atoms with Gasteiger partial charge >= 0.3 is 5.69 Å². The van der Waals surface area contributed by atoms with E-state index in [-0.39, 0.29) is 17.3 Å². The number of methoxy groups -OCH3 is 1. The molecule has 7 heteroatoms. The summed E-state index contributed by atoms with van der Waals surface area (Å²) in [5, 5.41) is 0. The predicted octanol–water partition coefficient (Wildman–Crippen LogP) is 3.05. The van der Waals surface area contributed by atoms with Crippen molar-refractivity contribution in [3.05, 3.63) is 86.8 Å². The van der Waals surface area contributed by atoms with Crippen molar-refractivity contribution in [2.75, 3.05) is 7.11 Å². The summed E-state index contributed by atoms with van der Waals surface area (Å²) >= 11 is 0.